The molecule has 0 amide bonds. The van der Waals surface area contributed by atoms with Gasteiger partial charge in [0.15, 0.2) is 0 Å². The normalized spacial score (nSPS) is 13.8. The number of anilines is 5. The molecule has 156 valence electrons. The lowest BCUT2D eigenvalue weighted by molar-refractivity contribution is 0.122. The summed E-state index contributed by atoms with van der Waals surface area (Å²) in [6.07, 6.45) is 0. The first-order valence-corrected chi connectivity index (χ1v) is 9.70. The Morgan fingerprint density at radius 3 is 2.37 bits per heavy atom. The molecule has 1 fully saturated rings. The molecule has 8 nitrogen and oxygen atoms in total. The lowest BCUT2D eigenvalue weighted by atomic mass is 10.3. The molecule has 0 bridgehead atoms. The minimum atomic E-state index is -0.493. The van der Waals surface area contributed by atoms with E-state index >= 15 is 0 Å². The van der Waals surface area contributed by atoms with Gasteiger partial charge in [-0.25, -0.2) is 4.39 Å². The molecule has 2 aromatic carbocycles. The van der Waals surface area contributed by atoms with Gasteiger partial charge in [0, 0.05) is 30.5 Å². The van der Waals surface area contributed by atoms with Crippen molar-refractivity contribution in [2.45, 2.75) is 0 Å². The number of halogens is 2. The summed E-state index contributed by atoms with van der Waals surface area (Å²) in [4.78, 5) is 15.5. The largest absolute Gasteiger partial charge is 0.497 e. The van der Waals surface area contributed by atoms with Gasteiger partial charge in [-0.05, 0) is 30.3 Å². The molecule has 30 heavy (non-hydrogen) atoms. The molecule has 0 saturated carbocycles. The number of hydrogen-bond donors (Lipinski definition) is 2. The first-order chi connectivity index (χ1) is 14.6. The predicted octanol–water partition coefficient (Wildman–Crippen LogP) is 4.00. The van der Waals surface area contributed by atoms with Crippen molar-refractivity contribution in [3.8, 4) is 5.75 Å². The standard InChI is InChI=1S/C20H20ClFN6O2/c1-29-15-4-2-3-13(11-15)23-18-25-19(24-14-5-6-17(22)16(21)12-14)27-20(26-18)28-7-9-30-10-8-28/h2-6,11-12H,7-10H2,1H3,(H2,23,24,25,26,27). The average molecular weight is 431 g/mol. The summed E-state index contributed by atoms with van der Waals surface area (Å²) in [7, 11) is 1.61. The van der Waals surface area contributed by atoms with Crippen molar-refractivity contribution >= 4 is 40.8 Å². The van der Waals surface area contributed by atoms with Crippen molar-refractivity contribution < 1.29 is 13.9 Å². The molecule has 1 aliphatic rings. The van der Waals surface area contributed by atoms with E-state index < -0.39 is 5.82 Å². The summed E-state index contributed by atoms with van der Waals surface area (Å²) in [6.45, 7) is 2.54. The number of nitrogens with zero attached hydrogens (tertiary/aromatic N) is 4. The van der Waals surface area contributed by atoms with E-state index in [4.69, 9.17) is 21.1 Å². The van der Waals surface area contributed by atoms with Crippen molar-refractivity contribution in [2.75, 3.05) is 48.9 Å². The van der Waals surface area contributed by atoms with Crippen LogP contribution >= 0.6 is 11.6 Å². The molecule has 10 heteroatoms. The maximum absolute atomic E-state index is 13.5. The minimum absolute atomic E-state index is 0.0113. The first kappa shape index (κ1) is 20.1. The SMILES string of the molecule is COc1cccc(Nc2nc(Nc3ccc(F)c(Cl)c3)nc(N3CCOCC3)n2)c1. The second-order valence-electron chi connectivity index (χ2n) is 6.49. The van der Waals surface area contributed by atoms with Gasteiger partial charge < -0.3 is 25.0 Å². The molecule has 2 heterocycles. The van der Waals surface area contributed by atoms with Gasteiger partial charge in [0.05, 0.1) is 25.3 Å². The second-order valence-corrected chi connectivity index (χ2v) is 6.90. The highest BCUT2D eigenvalue weighted by Crippen LogP contribution is 2.25. The number of rotatable bonds is 6. The van der Waals surface area contributed by atoms with E-state index in [-0.39, 0.29) is 5.02 Å². The fourth-order valence-corrected chi connectivity index (χ4v) is 3.09. The summed E-state index contributed by atoms with van der Waals surface area (Å²) in [5.41, 5.74) is 1.33. The van der Waals surface area contributed by atoms with Crippen LogP contribution in [0.3, 0.4) is 0 Å². The van der Waals surface area contributed by atoms with Crippen molar-refractivity contribution in [2.24, 2.45) is 0 Å². The zero-order valence-electron chi connectivity index (χ0n) is 16.2. The van der Waals surface area contributed by atoms with Crippen LogP contribution < -0.4 is 20.3 Å². The Bertz CT molecular complexity index is 1030. The van der Waals surface area contributed by atoms with Crippen LogP contribution in [0.2, 0.25) is 5.02 Å². The number of benzene rings is 2. The molecule has 1 saturated heterocycles. The average Bonchev–Trinajstić information content (AvgIpc) is 2.77. The smallest absolute Gasteiger partial charge is 0.233 e. The monoisotopic (exact) mass is 430 g/mol. The zero-order valence-corrected chi connectivity index (χ0v) is 17.0. The molecule has 4 rings (SSSR count). The van der Waals surface area contributed by atoms with E-state index in [0.29, 0.717) is 55.6 Å². The summed E-state index contributed by atoms with van der Waals surface area (Å²) < 4.78 is 24.2. The van der Waals surface area contributed by atoms with Crippen molar-refractivity contribution in [3.05, 3.63) is 53.3 Å². The predicted molar refractivity (Wildman–Crippen MR) is 114 cm³/mol. The van der Waals surface area contributed by atoms with Gasteiger partial charge >= 0.3 is 0 Å². The molecule has 0 radical (unpaired) electrons. The van der Waals surface area contributed by atoms with E-state index in [2.05, 4.69) is 25.6 Å². The van der Waals surface area contributed by atoms with Gasteiger partial charge in [-0.2, -0.15) is 15.0 Å². The molecule has 0 spiro atoms. The number of hydrogen-bond acceptors (Lipinski definition) is 8. The Balaban J connectivity index is 1.65. The van der Waals surface area contributed by atoms with Crippen LogP contribution in [0.25, 0.3) is 0 Å². The third kappa shape index (κ3) is 4.87. The van der Waals surface area contributed by atoms with Crippen LogP contribution in [0, 0.1) is 5.82 Å². The molecule has 0 atom stereocenters. The Labute approximate surface area is 178 Å². The molecular formula is C20H20ClFN6O2. The van der Waals surface area contributed by atoms with E-state index in [1.54, 1.807) is 13.2 Å². The third-order valence-electron chi connectivity index (χ3n) is 4.42. The highest BCUT2D eigenvalue weighted by Gasteiger charge is 2.17. The van der Waals surface area contributed by atoms with Crippen LogP contribution in [0.15, 0.2) is 42.5 Å². The van der Waals surface area contributed by atoms with Gasteiger partial charge in [-0.3, -0.25) is 0 Å². The Kier molecular flexibility index (Phi) is 6.10. The highest BCUT2D eigenvalue weighted by molar-refractivity contribution is 6.31. The van der Waals surface area contributed by atoms with Crippen molar-refractivity contribution in [1.82, 2.24) is 15.0 Å². The van der Waals surface area contributed by atoms with E-state index in [9.17, 15) is 4.39 Å². The van der Waals surface area contributed by atoms with Crippen LogP contribution in [0.1, 0.15) is 0 Å². The topological polar surface area (TPSA) is 84.4 Å². The Morgan fingerprint density at radius 1 is 1.00 bits per heavy atom. The number of morpholine rings is 1. The van der Waals surface area contributed by atoms with Crippen LogP contribution in [-0.4, -0.2) is 48.4 Å². The number of nitrogens with one attached hydrogen (secondary N) is 2. The lowest BCUT2D eigenvalue weighted by Crippen LogP contribution is -2.37. The van der Waals surface area contributed by atoms with E-state index in [1.807, 2.05) is 29.2 Å². The number of ether oxygens (including phenoxy) is 2. The van der Waals surface area contributed by atoms with E-state index in [0.717, 1.165) is 5.69 Å². The van der Waals surface area contributed by atoms with Crippen molar-refractivity contribution in [3.63, 3.8) is 0 Å². The molecular weight excluding hydrogens is 411 g/mol. The van der Waals surface area contributed by atoms with Crippen LogP contribution in [0.4, 0.5) is 33.6 Å². The molecule has 3 aromatic rings. The molecule has 2 N–H and O–H groups in total. The van der Waals surface area contributed by atoms with Gasteiger partial charge in [0.25, 0.3) is 0 Å². The maximum atomic E-state index is 13.5. The van der Waals surface area contributed by atoms with Gasteiger partial charge in [-0.15, -0.1) is 0 Å². The summed E-state index contributed by atoms with van der Waals surface area (Å²) in [5, 5.41) is 6.25. The molecule has 0 aliphatic carbocycles. The summed E-state index contributed by atoms with van der Waals surface area (Å²) in [5.74, 6) is 1.39. The van der Waals surface area contributed by atoms with Gasteiger partial charge in [0.2, 0.25) is 17.8 Å². The van der Waals surface area contributed by atoms with Crippen molar-refractivity contribution in [1.29, 1.82) is 0 Å². The lowest BCUT2D eigenvalue weighted by Gasteiger charge is -2.27. The summed E-state index contributed by atoms with van der Waals surface area (Å²) in [6, 6.07) is 11.8. The quantitative estimate of drug-likeness (QED) is 0.607. The molecule has 0 unspecified atom stereocenters. The maximum Gasteiger partial charge on any atom is 0.233 e. The van der Waals surface area contributed by atoms with Gasteiger partial charge in [0.1, 0.15) is 11.6 Å². The molecule has 1 aromatic heterocycles. The van der Waals surface area contributed by atoms with Crippen LogP contribution in [0.5, 0.6) is 5.75 Å². The fourth-order valence-electron chi connectivity index (χ4n) is 2.91. The van der Waals surface area contributed by atoms with Crippen LogP contribution in [-0.2, 0) is 4.74 Å². The second kappa shape index (κ2) is 9.10. The summed E-state index contributed by atoms with van der Waals surface area (Å²) >= 11 is 5.89. The van der Waals surface area contributed by atoms with E-state index in [1.165, 1.54) is 12.1 Å². The third-order valence-corrected chi connectivity index (χ3v) is 4.71. The number of methoxy groups -OCH3 is 1. The highest BCUT2D eigenvalue weighted by atomic mass is 35.5. The van der Waals surface area contributed by atoms with Gasteiger partial charge in [-0.1, -0.05) is 17.7 Å². The number of aromatic nitrogens is 3. The minimum Gasteiger partial charge on any atom is -0.497 e. The Morgan fingerprint density at radius 2 is 1.70 bits per heavy atom. The fraction of sp³-hybridized carbons (Fsp3) is 0.250. The zero-order chi connectivity index (χ0) is 20.9. The molecule has 1 aliphatic heterocycles. The first-order valence-electron chi connectivity index (χ1n) is 9.32. The Hall–Kier alpha value is -3.17.